The first-order chi connectivity index (χ1) is 12.0. The molecule has 7 heteroatoms. The summed E-state index contributed by atoms with van der Waals surface area (Å²) >= 11 is 11.9. The van der Waals surface area contributed by atoms with Crippen molar-refractivity contribution in [3.63, 3.8) is 0 Å². The molecule has 1 saturated heterocycles. The van der Waals surface area contributed by atoms with E-state index in [4.69, 9.17) is 23.2 Å². The summed E-state index contributed by atoms with van der Waals surface area (Å²) in [5.41, 5.74) is 1.37. The van der Waals surface area contributed by atoms with E-state index in [1.54, 1.807) is 41.3 Å². The van der Waals surface area contributed by atoms with Crippen LogP contribution in [0.2, 0.25) is 10.0 Å². The van der Waals surface area contributed by atoms with E-state index in [0.717, 1.165) is 5.69 Å². The van der Waals surface area contributed by atoms with Crippen molar-refractivity contribution in [1.82, 2.24) is 5.32 Å². The summed E-state index contributed by atoms with van der Waals surface area (Å²) in [6, 6.07) is 13.8. The smallest absolute Gasteiger partial charge is 0.319 e. The van der Waals surface area contributed by atoms with Crippen LogP contribution < -0.4 is 15.5 Å². The monoisotopic (exact) mass is 377 g/mol. The van der Waals surface area contributed by atoms with Crippen LogP contribution in [0.3, 0.4) is 0 Å². The Bertz CT molecular complexity index is 780. The lowest BCUT2D eigenvalue weighted by atomic mass is 10.1. The van der Waals surface area contributed by atoms with E-state index in [2.05, 4.69) is 10.6 Å². The molecule has 25 heavy (non-hydrogen) atoms. The Morgan fingerprint density at radius 1 is 1.12 bits per heavy atom. The number of carbonyl (C=O) groups is 2. The van der Waals surface area contributed by atoms with Crippen molar-refractivity contribution in [3.05, 3.63) is 58.6 Å². The number of benzene rings is 2. The Hall–Kier alpha value is -2.24. The van der Waals surface area contributed by atoms with Gasteiger partial charge in [0.25, 0.3) is 0 Å². The third-order valence-electron chi connectivity index (χ3n) is 4.02. The molecule has 1 aliphatic heterocycles. The van der Waals surface area contributed by atoms with E-state index in [-0.39, 0.29) is 17.9 Å². The molecule has 1 unspecified atom stereocenters. The maximum Gasteiger partial charge on any atom is 0.319 e. The van der Waals surface area contributed by atoms with Crippen molar-refractivity contribution in [2.24, 2.45) is 5.92 Å². The fourth-order valence-corrected chi connectivity index (χ4v) is 3.06. The third kappa shape index (κ3) is 4.44. The zero-order valence-corrected chi connectivity index (χ0v) is 14.8. The van der Waals surface area contributed by atoms with Crippen molar-refractivity contribution in [1.29, 1.82) is 0 Å². The van der Waals surface area contributed by atoms with Crippen LogP contribution in [0.5, 0.6) is 0 Å². The summed E-state index contributed by atoms with van der Waals surface area (Å²) in [7, 11) is 0. The Morgan fingerprint density at radius 3 is 2.56 bits per heavy atom. The van der Waals surface area contributed by atoms with Gasteiger partial charge in [0.15, 0.2) is 0 Å². The molecule has 3 amide bonds. The van der Waals surface area contributed by atoms with Gasteiger partial charge in [-0.05, 0) is 36.4 Å². The summed E-state index contributed by atoms with van der Waals surface area (Å²) in [5.74, 6) is 0.0980. The molecule has 0 saturated carbocycles. The molecule has 1 heterocycles. The first kappa shape index (κ1) is 17.6. The van der Waals surface area contributed by atoms with Crippen LogP contribution >= 0.6 is 23.2 Å². The molecule has 0 spiro atoms. The molecular formula is C18H17Cl2N3O2. The van der Waals surface area contributed by atoms with Gasteiger partial charge < -0.3 is 15.5 Å². The van der Waals surface area contributed by atoms with Crippen molar-refractivity contribution < 1.29 is 9.59 Å². The van der Waals surface area contributed by atoms with Gasteiger partial charge in [0, 0.05) is 36.1 Å². The van der Waals surface area contributed by atoms with Crippen LogP contribution in [-0.4, -0.2) is 25.0 Å². The zero-order chi connectivity index (χ0) is 17.8. The number of para-hydroxylation sites is 1. The number of nitrogens with zero attached hydrogens (tertiary/aromatic N) is 1. The van der Waals surface area contributed by atoms with Gasteiger partial charge in [0.2, 0.25) is 5.91 Å². The molecule has 5 nitrogen and oxygen atoms in total. The number of hydrogen-bond donors (Lipinski definition) is 2. The SMILES string of the molecule is O=C(NCC1CC(=O)N(c2ccc(Cl)cc2)C1)Nc1ccccc1Cl. The molecule has 0 aliphatic carbocycles. The van der Waals surface area contributed by atoms with Gasteiger partial charge in [-0.3, -0.25) is 4.79 Å². The van der Waals surface area contributed by atoms with Gasteiger partial charge >= 0.3 is 6.03 Å². The van der Waals surface area contributed by atoms with Gasteiger partial charge in [0.05, 0.1) is 10.7 Å². The molecule has 130 valence electrons. The number of hydrogen-bond acceptors (Lipinski definition) is 2. The molecule has 2 aromatic carbocycles. The number of anilines is 2. The molecule has 1 aliphatic rings. The second-order valence-corrected chi connectivity index (χ2v) is 6.71. The summed E-state index contributed by atoms with van der Waals surface area (Å²) < 4.78 is 0. The molecule has 0 aromatic heterocycles. The minimum atomic E-state index is -0.342. The fraction of sp³-hybridized carbons (Fsp3) is 0.222. The number of carbonyl (C=O) groups excluding carboxylic acids is 2. The van der Waals surface area contributed by atoms with Gasteiger partial charge in [0.1, 0.15) is 0 Å². The minimum Gasteiger partial charge on any atom is -0.338 e. The first-order valence-corrected chi connectivity index (χ1v) is 8.64. The Morgan fingerprint density at radius 2 is 1.84 bits per heavy atom. The highest BCUT2D eigenvalue weighted by atomic mass is 35.5. The minimum absolute atomic E-state index is 0.0423. The average molecular weight is 378 g/mol. The van der Waals surface area contributed by atoms with E-state index in [0.29, 0.717) is 35.2 Å². The van der Waals surface area contributed by atoms with E-state index in [1.807, 2.05) is 12.1 Å². The Kier molecular flexibility index (Phi) is 5.46. The van der Waals surface area contributed by atoms with Crippen molar-refractivity contribution in [2.45, 2.75) is 6.42 Å². The second kappa shape index (κ2) is 7.76. The van der Waals surface area contributed by atoms with E-state index in [9.17, 15) is 9.59 Å². The van der Waals surface area contributed by atoms with Gasteiger partial charge in [-0.1, -0.05) is 35.3 Å². The topological polar surface area (TPSA) is 61.4 Å². The lowest BCUT2D eigenvalue weighted by molar-refractivity contribution is -0.117. The first-order valence-electron chi connectivity index (χ1n) is 7.88. The summed E-state index contributed by atoms with van der Waals surface area (Å²) in [6.45, 7) is 0.971. The molecule has 1 fully saturated rings. The predicted octanol–water partition coefficient (Wildman–Crippen LogP) is 4.17. The van der Waals surface area contributed by atoms with Crippen molar-refractivity contribution in [2.75, 3.05) is 23.3 Å². The largest absolute Gasteiger partial charge is 0.338 e. The van der Waals surface area contributed by atoms with Crippen LogP contribution in [0.4, 0.5) is 16.2 Å². The molecule has 2 aromatic rings. The summed E-state index contributed by atoms with van der Waals surface area (Å²) in [6.07, 6.45) is 0.398. The van der Waals surface area contributed by atoms with Crippen LogP contribution in [0, 0.1) is 5.92 Å². The Balaban J connectivity index is 1.52. The quantitative estimate of drug-likeness (QED) is 0.839. The van der Waals surface area contributed by atoms with Crippen molar-refractivity contribution in [3.8, 4) is 0 Å². The van der Waals surface area contributed by atoms with Crippen molar-refractivity contribution >= 4 is 46.5 Å². The van der Waals surface area contributed by atoms with Gasteiger partial charge in [-0.15, -0.1) is 0 Å². The molecule has 0 bridgehead atoms. The molecular weight excluding hydrogens is 361 g/mol. The fourth-order valence-electron chi connectivity index (χ4n) is 2.75. The molecule has 3 rings (SSSR count). The van der Waals surface area contributed by atoms with E-state index in [1.165, 1.54) is 0 Å². The maximum absolute atomic E-state index is 12.2. The zero-order valence-electron chi connectivity index (χ0n) is 13.3. The Labute approximate surface area is 155 Å². The van der Waals surface area contributed by atoms with Crippen LogP contribution in [0.25, 0.3) is 0 Å². The number of nitrogens with one attached hydrogen (secondary N) is 2. The van der Waals surface area contributed by atoms with Gasteiger partial charge in [-0.2, -0.15) is 0 Å². The van der Waals surface area contributed by atoms with Crippen LogP contribution in [-0.2, 0) is 4.79 Å². The van der Waals surface area contributed by atoms with E-state index < -0.39 is 0 Å². The number of halogens is 2. The normalized spacial score (nSPS) is 16.8. The van der Waals surface area contributed by atoms with E-state index >= 15 is 0 Å². The maximum atomic E-state index is 12.2. The van der Waals surface area contributed by atoms with Gasteiger partial charge in [-0.25, -0.2) is 4.79 Å². The second-order valence-electron chi connectivity index (χ2n) is 5.87. The van der Waals surface area contributed by atoms with Crippen LogP contribution in [0.1, 0.15) is 6.42 Å². The lowest BCUT2D eigenvalue weighted by Gasteiger charge is -2.17. The van der Waals surface area contributed by atoms with Crippen LogP contribution in [0.15, 0.2) is 48.5 Å². The highest BCUT2D eigenvalue weighted by Gasteiger charge is 2.30. The summed E-state index contributed by atoms with van der Waals surface area (Å²) in [5, 5.41) is 6.60. The number of amides is 3. The number of rotatable bonds is 4. The molecule has 1 atom stereocenters. The predicted molar refractivity (Wildman–Crippen MR) is 100 cm³/mol. The molecule has 0 radical (unpaired) electrons. The highest BCUT2D eigenvalue weighted by molar-refractivity contribution is 6.33. The third-order valence-corrected chi connectivity index (χ3v) is 4.60. The number of urea groups is 1. The molecule has 2 N–H and O–H groups in total. The lowest BCUT2D eigenvalue weighted by Crippen LogP contribution is -2.34. The summed E-state index contributed by atoms with van der Waals surface area (Å²) in [4.78, 5) is 25.9. The highest BCUT2D eigenvalue weighted by Crippen LogP contribution is 2.26. The standard InChI is InChI=1S/C18H17Cl2N3O2/c19-13-5-7-14(8-6-13)23-11-12(9-17(23)24)10-21-18(25)22-16-4-2-1-3-15(16)20/h1-8,12H,9-11H2,(H2,21,22,25). The average Bonchev–Trinajstić information content (AvgIpc) is 2.97.